The van der Waals surface area contributed by atoms with Crippen LogP contribution in [0.5, 0.6) is 0 Å². The Morgan fingerprint density at radius 2 is 1.75 bits per heavy atom. The summed E-state index contributed by atoms with van der Waals surface area (Å²) in [6.45, 7) is 2.69. The maximum absolute atomic E-state index is 13.1. The van der Waals surface area contributed by atoms with Crippen LogP contribution in [0, 0.1) is 6.92 Å². The highest BCUT2D eigenvalue weighted by molar-refractivity contribution is 7.12. The number of rotatable bonds is 6. The van der Waals surface area contributed by atoms with Crippen molar-refractivity contribution in [3.8, 4) is 0 Å². The molecule has 1 N–H and O–H groups in total. The van der Waals surface area contributed by atoms with Crippen molar-refractivity contribution in [2.75, 3.05) is 5.32 Å². The Morgan fingerprint density at radius 1 is 1.04 bits per heavy atom. The molecular formula is C23H22N2O2S. The molecule has 0 bridgehead atoms. The van der Waals surface area contributed by atoms with E-state index in [1.54, 1.807) is 30.3 Å². The molecule has 0 aliphatic heterocycles. The molecule has 0 atom stereocenters. The standard InChI is InChI=1S/C23H22N2O2S/c1-16-4-6-17(7-5-16)15-25(20-12-13-20)23(27)18-8-10-19(11-9-18)24-22(26)21-3-2-14-28-21/h2-11,14,20H,12-13,15H2,1H3,(H,24,26). The predicted molar refractivity (Wildman–Crippen MR) is 113 cm³/mol. The Labute approximate surface area is 168 Å². The lowest BCUT2D eigenvalue weighted by molar-refractivity contribution is 0.0730. The molecule has 0 radical (unpaired) electrons. The van der Waals surface area contributed by atoms with Crippen molar-refractivity contribution >= 4 is 28.8 Å². The highest BCUT2D eigenvalue weighted by Gasteiger charge is 2.33. The number of amides is 2. The minimum atomic E-state index is -0.131. The Bertz CT molecular complexity index is 959. The van der Waals surface area contributed by atoms with Crippen LogP contribution in [0.4, 0.5) is 5.69 Å². The SMILES string of the molecule is Cc1ccc(CN(C(=O)c2ccc(NC(=O)c3cccs3)cc2)C2CC2)cc1. The average Bonchev–Trinajstić information content (AvgIpc) is 3.39. The molecule has 5 heteroatoms. The molecule has 1 heterocycles. The van der Waals surface area contributed by atoms with E-state index in [9.17, 15) is 9.59 Å². The lowest BCUT2D eigenvalue weighted by atomic mass is 10.1. The van der Waals surface area contributed by atoms with Gasteiger partial charge < -0.3 is 10.2 Å². The highest BCUT2D eigenvalue weighted by atomic mass is 32.1. The fourth-order valence-corrected chi connectivity index (χ4v) is 3.72. The third kappa shape index (κ3) is 4.31. The third-order valence-electron chi connectivity index (χ3n) is 4.86. The number of aryl methyl sites for hydroxylation is 1. The molecule has 0 unspecified atom stereocenters. The molecule has 1 aromatic heterocycles. The predicted octanol–water partition coefficient (Wildman–Crippen LogP) is 5.11. The van der Waals surface area contributed by atoms with Crippen molar-refractivity contribution in [1.29, 1.82) is 0 Å². The lowest BCUT2D eigenvalue weighted by Gasteiger charge is -2.23. The molecule has 4 nitrogen and oxygen atoms in total. The van der Waals surface area contributed by atoms with Crippen LogP contribution in [-0.2, 0) is 6.54 Å². The molecule has 142 valence electrons. The van der Waals surface area contributed by atoms with Crippen LogP contribution in [0.1, 0.15) is 44.0 Å². The maximum atomic E-state index is 13.1. The van der Waals surface area contributed by atoms with Gasteiger partial charge in [-0.05, 0) is 61.0 Å². The largest absolute Gasteiger partial charge is 0.331 e. The van der Waals surface area contributed by atoms with Crippen molar-refractivity contribution in [3.63, 3.8) is 0 Å². The topological polar surface area (TPSA) is 49.4 Å². The summed E-state index contributed by atoms with van der Waals surface area (Å²) >= 11 is 1.40. The maximum Gasteiger partial charge on any atom is 0.265 e. The van der Waals surface area contributed by atoms with Crippen molar-refractivity contribution in [2.45, 2.75) is 32.4 Å². The molecule has 0 saturated heterocycles. The number of nitrogens with one attached hydrogen (secondary N) is 1. The van der Waals surface area contributed by atoms with Crippen LogP contribution >= 0.6 is 11.3 Å². The van der Waals surface area contributed by atoms with Crippen LogP contribution in [0.15, 0.2) is 66.0 Å². The molecule has 0 spiro atoms. The first-order valence-corrected chi connectivity index (χ1v) is 10.3. The molecule has 2 amide bonds. The molecular weight excluding hydrogens is 368 g/mol. The number of carbonyl (C=O) groups excluding carboxylic acids is 2. The highest BCUT2D eigenvalue weighted by Crippen LogP contribution is 2.30. The number of hydrogen-bond acceptors (Lipinski definition) is 3. The van der Waals surface area contributed by atoms with Gasteiger partial charge in [-0.2, -0.15) is 0 Å². The van der Waals surface area contributed by atoms with Crippen LogP contribution in [0.3, 0.4) is 0 Å². The van der Waals surface area contributed by atoms with Crippen molar-refractivity contribution in [1.82, 2.24) is 4.90 Å². The van der Waals surface area contributed by atoms with Gasteiger partial charge >= 0.3 is 0 Å². The van der Waals surface area contributed by atoms with Gasteiger partial charge in [0.1, 0.15) is 0 Å². The van der Waals surface area contributed by atoms with Gasteiger partial charge in [-0.15, -0.1) is 11.3 Å². The quantitative estimate of drug-likeness (QED) is 0.635. The Kier molecular flexibility index (Phi) is 5.26. The number of anilines is 1. The normalized spacial score (nSPS) is 13.2. The molecule has 2 aromatic carbocycles. The summed E-state index contributed by atoms with van der Waals surface area (Å²) in [6.07, 6.45) is 2.12. The van der Waals surface area contributed by atoms with Crippen LogP contribution < -0.4 is 5.32 Å². The molecule has 3 aromatic rings. The Morgan fingerprint density at radius 3 is 2.36 bits per heavy atom. The number of carbonyl (C=O) groups is 2. The van der Waals surface area contributed by atoms with Crippen LogP contribution in [-0.4, -0.2) is 22.8 Å². The molecule has 1 fully saturated rings. The first-order chi connectivity index (χ1) is 13.6. The lowest BCUT2D eigenvalue weighted by Crippen LogP contribution is -2.32. The van der Waals surface area contributed by atoms with Gasteiger partial charge in [0.2, 0.25) is 0 Å². The van der Waals surface area contributed by atoms with Crippen molar-refractivity contribution in [3.05, 3.63) is 87.6 Å². The molecule has 28 heavy (non-hydrogen) atoms. The summed E-state index contributed by atoms with van der Waals surface area (Å²) in [5.41, 5.74) is 3.69. The van der Waals surface area contributed by atoms with E-state index in [2.05, 4.69) is 36.5 Å². The van der Waals surface area contributed by atoms with Gasteiger partial charge in [0, 0.05) is 23.8 Å². The smallest absolute Gasteiger partial charge is 0.265 e. The molecule has 1 saturated carbocycles. The summed E-state index contributed by atoms with van der Waals surface area (Å²) in [4.78, 5) is 27.8. The van der Waals surface area contributed by atoms with Crippen molar-refractivity contribution < 1.29 is 9.59 Å². The first kappa shape index (κ1) is 18.4. The van der Waals surface area contributed by atoms with Gasteiger partial charge in [-0.3, -0.25) is 9.59 Å². The third-order valence-corrected chi connectivity index (χ3v) is 5.73. The first-order valence-electron chi connectivity index (χ1n) is 9.41. The van der Waals surface area contributed by atoms with E-state index in [4.69, 9.17) is 0 Å². The van der Waals surface area contributed by atoms with E-state index >= 15 is 0 Å². The van der Waals surface area contributed by atoms with Crippen LogP contribution in [0.2, 0.25) is 0 Å². The minimum Gasteiger partial charge on any atom is -0.331 e. The van der Waals surface area contributed by atoms with E-state index in [1.165, 1.54) is 16.9 Å². The fraction of sp³-hybridized carbons (Fsp3) is 0.217. The summed E-state index contributed by atoms with van der Waals surface area (Å²) in [6, 6.07) is 19.4. The zero-order valence-corrected chi connectivity index (χ0v) is 16.5. The Balaban J connectivity index is 1.45. The molecule has 4 rings (SSSR count). The van der Waals surface area contributed by atoms with Gasteiger partial charge in [0.25, 0.3) is 11.8 Å². The van der Waals surface area contributed by atoms with Crippen molar-refractivity contribution in [2.24, 2.45) is 0 Å². The summed E-state index contributed by atoms with van der Waals surface area (Å²) < 4.78 is 0. The summed E-state index contributed by atoms with van der Waals surface area (Å²) in [5, 5.41) is 4.74. The van der Waals surface area contributed by atoms with Gasteiger partial charge in [-0.25, -0.2) is 0 Å². The summed E-state index contributed by atoms with van der Waals surface area (Å²) in [5.74, 6) is -0.0905. The Hall–Kier alpha value is -2.92. The van der Waals surface area contributed by atoms with E-state index in [0.717, 1.165) is 18.4 Å². The second-order valence-electron chi connectivity index (χ2n) is 7.16. The zero-order valence-electron chi connectivity index (χ0n) is 15.7. The van der Waals surface area contributed by atoms with Crippen LogP contribution in [0.25, 0.3) is 0 Å². The van der Waals surface area contributed by atoms with E-state index in [1.807, 2.05) is 16.3 Å². The molecule has 1 aliphatic rings. The zero-order chi connectivity index (χ0) is 19.5. The molecule has 1 aliphatic carbocycles. The van der Waals surface area contributed by atoms with Gasteiger partial charge in [-0.1, -0.05) is 35.9 Å². The number of nitrogens with zero attached hydrogens (tertiary/aromatic N) is 1. The monoisotopic (exact) mass is 390 g/mol. The number of thiophene rings is 1. The minimum absolute atomic E-state index is 0.0409. The second kappa shape index (κ2) is 7.98. The van der Waals surface area contributed by atoms with E-state index in [-0.39, 0.29) is 11.8 Å². The number of hydrogen-bond donors (Lipinski definition) is 1. The average molecular weight is 391 g/mol. The number of benzene rings is 2. The van der Waals surface area contributed by atoms with E-state index in [0.29, 0.717) is 28.7 Å². The fourth-order valence-electron chi connectivity index (χ4n) is 3.11. The summed E-state index contributed by atoms with van der Waals surface area (Å²) in [7, 11) is 0. The van der Waals surface area contributed by atoms with E-state index < -0.39 is 0 Å². The van der Waals surface area contributed by atoms with Gasteiger partial charge in [0.15, 0.2) is 0 Å². The van der Waals surface area contributed by atoms with Gasteiger partial charge in [0.05, 0.1) is 4.88 Å². The second-order valence-corrected chi connectivity index (χ2v) is 8.11.